The predicted molar refractivity (Wildman–Crippen MR) is 115 cm³/mol. The standard InChI is InChI=1S/C23H25N3O3/c1-4-26(19-9-7-8-17(2)14-19)22-13-12-18(15-24-22)25-23(27)16-29-21-11-6-5-10-20(21)28-3/h5-15H,4,16H2,1-3H3,(H,25,27). The lowest BCUT2D eigenvalue weighted by Crippen LogP contribution is -2.21. The van der Waals surface area contributed by atoms with Gasteiger partial charge in [-0.1, -0.05) is 24.3 Å². The van der Waals surface area contributed by atoms with E-state index in [-0.39, 0.29) is 12.5 Å². The van der Waals surface area contributed by atoms with Crippen molar-refractivity contribution in [1.29, 1.82) is 0 Å². The van der Waals surface area contributed by atoms with Crippen LogP contribution >= 0.6 is 0 Å². The molecule has 29 heavy (non-hydrogen) atoms. The zero-order valence-electron chi connectivity index (χ0n) is 16.9. The number of ether oxygens (including phenoxy) is 2. The first-order valence-corrected chi connectivity index (χ1v) is 9.46. The van der Waals surface area contributed by atoms with Crippen molar-refractivity contribution in [3.8, 4) is 11.5 Å². The number of aromatic nitrogens is 1. The number of hydrogen-bond donors (Lipinski definition) is 1. The summed E-state index contributed by atoms with van der Waals surface area (Å²) >= 11 is 0. The molecule has 0 aliphatic rings. The molecule has 0 atom stereocenters. The van der Waals surface area contributed by atoms with Crippen LogP contribution in [0, 0.1) is 6.92 Å². The molecule has 1 amide bonds. The normalized spacial score (nSPS) is 10.3. The number of amides is 1. The number of anilines is 3. The minimum absolute atomic E-state index is 0.119. The predicted octanol–water partition coefficient (Wildman–Crippen LogP) is 4.57. The number of carbonyl (C=O) groups excluding carboxylic acids is 1. The van der Waals surface area contributed by atoms with E-state index in [0.717, 1.165) is 18.1 Å². The molecule has 0 radical (unpaired) electrons. The van der Waals surface area contributed by atoms with E-state index in [1.807, 2.05) is 30.3 Å². The number of nitrogens with one attached hydrogen (secondary N) is 1. The molecule has 0 unspecified atom stereocenters. The molecule has 1 heterocycles. The number of carbonyl (C=O) groups is 1. The van der Waals surface area contributed by atoms with Gasteiger partial charge in [0.2, 0.25) is 0 Å². The van der Waals surface area contributed by atoms with Crippen LogP contribution < -0.4 is 19.7 Å². The molecular weight excluding hydrogens is 366 g/mol. The summed E-state index contributed by atoms with van der Waals surface area (Å²) < 4.78 is 10.8. The van der Waals surface area contributed by atoms with Gasteiger partial charge in [-0.2, -0.15) is 0 Å². The highest BCUT2D eigenvalue weighted by Gasteiger charge is 2.11. The van der Waals surface area contributed by atoms with Crippen LogP contribution in [0.15, 0.2) is 66.9 Å². The van der Waals surface area contributed by atoms with Crippen molar-refractivity contribution in [2.24, 2.45) is 0 Å². The number of aryl methyl sites for hydroxylation is 1. The zero-order chi connectivity index (χ0) is 20.6. The van der Waals surface area contributed by atoms with Crippen LogP contribution in [-0.4, -0.2) is 31.2 Å². The number of para-hydroxylation sites is 2. The Hall–Kier alpha value is -3.54. The largest absolute Gasteiger partial charge is 0.493 e. The summed E-state index contributed by atoms with van der Waals surface area (Å²) in [7, 11) is 1.56. The Labute approximate surface area is 171 Å². The van der Waals surface area contributed by atoms with Gasteiger partial charge in [0.25, 0.3) is 5.91 Å². The lowest BCUT2D eigenvalue weighted by atomic mass is 10.2. The maximum absolute atomic E-state index is 12.2. The van der Waals surface area contributed by atoms with Crippen LogP contribution in [0.25, 0.3) is 0 Å². The van der Waals surface area contributed by atoms with Gasteiger partial charge < -0.3 is 19.7 Å². The monoisotopic (exact) mass is 391 g/mol. The van der Waals surface area contributed by atoms with E-state index in [0.29, 0.717) is 17.2 Å². The third-order valence-corrected chi connectivity index (χ3v) is 4.37. The van der Waals surface area contributed by atoms with Crippen molar-refractivity contribution in [2.45, 2.75) is 13.8 Å². The Balaban J connectivity index is 1.61. The van der Waals surface area contributed by atoms with E-state index >= 15 is 0 Å². The Kier molecular flexibility index (Phi) is 6.68. The molecule has 0 saturated carbocycles. The van der Waals surface area contributed by atoms with Crippen LogP contribution in [0.5, 0.6) is 11.5 Å². The molecule has 0 fully saturated rings. The van der Waals surface area contributed by atoms with Crippen LogP contribution in [0.2, 0.25) is 0 Å². The van der Waals surface area contributed by atoms with E-state index in [2.05, 4.69) is 47.2 Å². The first-order chi connectivity index (χ1) is 14.1. The highest BCUT2D eigenvalue weighted by molar-refractivity contribution is 5.91. The third kappa shape index (κ3) is 5.25. The second-order valence-electron chi connectivity index (χ2n) is 6.48. The molecule has 2 aromatic carbocycles. The molecule has 0 bridgehead atoms. The summed E-state index contributed by atoms with van der Waals surface area (Å²) in [6.07, 6.45) is 1.65. The second kappa shape index (κ2) is 9.59. The van der Waals surface area contributed by atoms with Gasteiger partial charge in [0, 0.05) is 12.2 Å². The minimum Gasteiger partial charge on any atom is -0.493 e. The fourth-order valence-electron chi connectivity index (χ4n) is 2.97. The van der Waals surface area contributed by atoms with Gasteiger partial charge in [-0.25, -0.2) is 4.98 Å². The van der Waals surface area contributed by atoms with Crippen LogP contribution in [0.3, 0.4) is 0 Å². The molecule has 1 N–H and O–H groups in total. The van der Waals surface area contributed by atoms with Crippen molar-refractivity contribution in [1.82, 2.24) is 4.98 Å². The Morgan fingerprint density at radius 2 is 1.86 bits per heavy atom. The van der Waals surface area contributed by atoms with E-state index < -0.39 is 0 Å². The molecule has 0 aliphatic carbocycles. The molecular formula is C23H25N3O3. The van der Waals surface area contributed by atoms with Gasteiger partial charge in [0.15, 0.2) is 18.1 Å². The van der Waals surface area contributed by atoms with Gasteiger partial charge in [-0.3, -0.25) is 4.79 Å². The lowest BCUT2D eigenvalue weighted by Gasteiger charge is -2.22. The van der Waals surface area contributed by atoms with Gasteiger partial charge in [0.1, 0.15) is 5.82 Å². The maximum Gasteiger partial charge on any atom is 0.262 e. The van der Waals surface area contributed by atoms with Crippen molar-refractivity contribution in [3.05, 3.63) is 72.4 Å². The summed E-state index contributed by atoms with van der Waals surface area (Å²) in [5.74, 6) is 1.66. The fraction of sp³-hybridized carbons (Fsp3) is 0.217. The van der Waals surface area contributed by atoms with E-state index in [9.17, 15) is 4.79 Å². The molecule has 6 heteroatoms. The molecule has 3 aromatic rings. The van der Waals surface area contributed by atoms with Crippen molar-refractivity contribution >= 4 is 23.1 Å². The Morgan fingerprint density at radius 1 is 1.07 bits per heavy atom. The summed E-state index contributed by atoms with van der Waals surface area (Å²) in [5, 5.41) is 2.80. The number of hydrogen-bond acceptors (Lipinski definition) is 5. The highest BCUT2D eigenvalue weighted by Crippen LogP contribution is 2.26. The fourth-order valence-corrected chi connectivity index (χ4v) is 2.97. The number of benzene rings is 2. The molecule has 1 aromatic heterocycles. The quantitative estimate of drug-likeness (QED) is 0.609. The summed E-state index contributed by atoms with van der Waals surface area (Å²) in [5.41, 5.74) is 2.89. The number of methoxy groups -OCH3 is 1. The van der Waals surface area contributed by atoms with Crippen molar-refractivity contribution < 1.29 is 14.3 Å². The zero-order valence-corrected chi connectivity index (χ0v) is 16.9. The SMILES string of the molecule is CCN(c1cccc(C)c1)c1ccc(NC(=O)COc2ccccc2OC)cn1. The number of pyridine rings is 1. The first-order valence-electron chi connectivity index (χ1n) is 9.46. The molecule has 3 rings (SSSR count). The molecule has 0 aliphatic heterocycles. The Morgan fingerprint density at radius 3 is 2.52 bits per heavy atom. The van der Waals surface area contributed by atoms with Gasteiger partial charge in [0.05, 0.1) is 19.0 Å². The molecule has 6 nitrogen and oxygen atoms in total. The average Bonchev–Trinajstić information content (AvgIpc) is 2.74. The van der Waals surface area contributed by atoms with Gasteiger partial charge in [-0.15, -0.1) is 0 Å². The van der Waals surface area contributed by atoms with Crippen LogP contribution in [0.4, 0.5) is 17.2 Å². The summed E-state index contributed by atoms with van der Waals surface area (Å²) in [6, 6.07) is 19.2. The smallest absolute Gasteiger partial charge is 0.262 e. The van der Waals surface area contributed by atoms with Crippen LogP contribution in [-0.2, 0) is 4.79 Å². The number of rotatable bonds is 8. The lowest BCUT2D eigenvalue weighted by molar-refractivity contribution is -0.118. The molecule has 150 valence electrons. The first kappa shape index (κ1) is 20.2. The van der Waals surface area contributed by atoms with E-state index in [1.54, 1.807) is 25.4 Å². The Bertz CT molecular complexity index is 958. The van der Waals surface area contributed by atoms with Gasteiger partial charge in [-0.05, 0) is 55.8 Å². The number of nitrogens with zero attached hydrogens (tertiary/aromatic N) is 2. The molecule has 0 spiro atoms. The maximum atomic E-state index is 12.2. The second-order valence-corrected chi connectivity index (χ2v) is 6.48. The summed E-state index contributed by atoms with van der Waals surface area (Å²) in [6.45, 7) is 4.81. The summed E-state index contributed by atoms with van der Waals surface area (Å²) in [4.78, 5) is 18.8. The van der Waals surface area contributed by atoms with E-state index in [1.165, 1.54) is 5.56 Å². The van der Waals surface area contributed by atoms with Gasteiger partial charge >= 0.3 is 0 Å². The topological polar surface area (TPSA) is 63.7 Å². The third-order valence-electron chi connectivity index (χ3n) is 4.37. The van der Waals surface area contributed by atoms with Crippen molar-refractivity contribution in [3.63, 3.8) is 0 Å². The average molecular weight is 391 g/mol. The highest BCUT2D eigenvalue weighted by atomic mass is 16.5. The molecule has 0 saturated heterocycles. The minimum atomic E-state index is -0.267. The van der Waals surface area contributed by atoms with E-state index in [4.69, 9.17) is 9.47 Å². The van der Waals surface area contributed by atoms with Crippen molar-refractivity contribution in [2.75, 3.05) is 30.5 Å². The van der Waals surface area contributed by atoms with Crippen LogP contribution in [0.1, 0.15) is 12.5 Å².